The van der Waals surface area contributed by atoms with E-state index in [2.05, 4.69) is 5.32 Å². The summed E-state index contributed by atoms with van der Waals surface area (Å²) < 4.78 is 6.39. The first kappa shape index (κ1) is 20.4. The Balaban J connectivity index is 1.73. The van der Waals surface area contributed by atoms with Crippen molar-refractivity contribution >= 4 is 29.2 Å². The van der Waals surface area contributed by atoms with E-state index in [-0.39, 0.29) is 11.5 Å². The van der Waals surface area contributed by atoms with E-state index < -0.39 is 5.97 Å². The summed E-state index contributed by atoms with van der Waals surface area (Å²) >= 11 is 5.89. The van der Waals surface area contributed by atoms with Crippen molar-refractivity contribution in [2.45, 2.75) is 13.5 Å². The Kier molecular flexibility index (Phi) is 6.46. The highest BCUT2D eigenvalue weighted by atomic mass is 35.5. The van der Waals surface area contributed by atoms with E-state index in [1.165, 1.54) is 22.9 Å². The Hall–Kier alpha value is -3.38. The second-order valence-electron chi connectivity index (χ2n) is 6.26. The van der Waals surface area contributed by atoms with E-state index in [1.807, 2.05) is 12.1 Å². The summed E-state index contributed by atoms with van der Waals surface area (Å²) in [5.41, 5.74) is 1.95. The number of hydrogen-bond donors (Lipinski definition) is 1. The zero-order valence-electron chi connectivity index (χ0n) is 15.7. The summed E-state index contributed by atoms with van der Waals surface area (Å²) in [4.78, 5) is 36.4. The van der Waals surface area contributed by atoms with Crippen LogP contribution in [0.1, 0.15) is 33.2 Å². The molecular formula is C22H19ClN2O4. The van der Waals surface area contributed by atoms with Crippen molar-refractivity contribution in [2.75, 3.05) is 11.9 Å². The van der Waals surface area contributed by atoms with Crippen molar-refractivity contribution < 1.29 is 14.3 Å². The molecule has 1 amide bonds. The van der Waals surface area contributed by atoms with Gasteiger partial charge in [0.1, 0.15) is 0 Å². The van der Waals surface area contributed by atoms with E-state index in [1.54, 1.807) is 43.3 Å². The van der Waals surface area contributed by atoms with E-state index in [9.17, 15) is 14.4 Å². The third-order valence-electron chi connectivity index (χ3n) is 4.17. The molecule has 0 aliphatic rings. The van der Waals surface area contributed by atoms with Gasteiger partial charge in [-0.2, -0.15) is 0 Å². The molecule has 3 rings (SSSR count). The molecule has 148 valence electrons. The lowest BCUT2D eigenvalue weighted by Crippen LogP contribution is -2.22. The summed E-state index contributed by atoms with van der Waals surface area (Å²) in [6.07, 6.45) is 1.51. The van der Waals surface area contributed by atoms with E-state index >= 15 is 0 Å². The van der Waals surface area contributed by atoms with Gasteiger partial charge in [-0.1, -0.05) is 23.7 Å². The highest BCUT2D eigenvalue weighted by Gasteiger charge is 2.10. The number of ether oxygens (including phenoxy) is 1. The van der Waals surface area contributed by atoms with Crippen LogP contribution in [0.5, 0.6) is 0 Å². The largest absolute Gasteiger partial charge is 0.462 e. The monoisotopic (exact) mass is 410 g/mol. The molecule has 6 nitrogen and oxygen atoms in total. The van der Waals surface area contributed by atoms with Crippen LogP contribution in [0.25, 0.3) is 0 Å². The van der Waals surface area contributed by atoms with Crippen molar-refractivity contribution in [2.24, 2.45) is 0 Å². The molecule has 7 heteroatoms. The van der Waals surface area contributed by atoms with Crippen LogP contribution in [0.3, 0.4) is 0 Å². The number of nitrogens with one attached hydrogen (secondary N) is 1. The van der Waals surface area contributed by atoms with Crippen LogP contribution >= 0.6 is 11.6 Å². The Morgan fingerprint density at radius 1 is 0.966 bits per heavy atom. The van der Waals surface area contributed by atoms with Gasteiger partial charge in [-0.25, -0.2) is 4.79 Å². The number of halogens is 1. The van der Waals surface area contributed by atoms with Crippen LogP contribution in [0.2, 0.25) is 5.02 Å². The molecule has 2 aromatic carbocycles. The third-order valence-corrected chi connectivity index (χ3v) is 4.42. The topological polar surface area (TPSA) is 77.4 Å². The molecule has 0 radical (unpaired) electrons. The van der Waals surface area contributed by atoms with Crippen LogP contribution in [0.15, 0.2) is 71.7 Å². The normalized spacial score (nSPS) is 10.4. The molecule has 0 aliphatic carbocycles. The molecule has 0 aliphatic heterocycles. The highest BCUT2D eigenvalue weighted by Crippen LogP contribution is 2.13. The van der Waals surface area contributed by atoms with Crippen molar-refractivity contribution in [3.8, 4) is 0 Å². The lowest BCUT2D eigenvalue weighted by Gasteiger charge is -2.10. The smallest absolute Gasteiger partial charge is 0.338 e. The lowest BCUT2D eigenvalue weighted by molar-refractivity contribution is 0.0526. The molecule has 3 aromatic rings. The fourth-order valence-corrected chi connectivity index (χ4v) is 2.81. The number of rotatable bonds is 6. The van der Waals surface area contributed by atoms with E-state index in [0.717, 1.165) is 5.56 Å². The summed E-state index contributed by atoms with van der Waals surface area (Å²) in [6, 6.07) is 16.4. The highest BCUT2D eigenvalue weighted by molar-refractivity contribution is 6.30. The number of esters is 1. The summed E-state index contributed by atoms with van der Waals surface area (Å²) in [5.74, 6) is -0.779. The van der Waals surface area contributed by atoms with Gasteiger partial charge in [0, 0.05) is 23.0 Å². The SMILES string of the molecule is CCOC(=O)c1ccc(NC(=O)c2ccc(=O)n(Cc3ccc(Cl)cc3)c2)cc1. The van der Waals surface area contributed by atoms with Gasteiger partial charge in [-0.05, 0) is 55.0 Å². The minimum absolute atomic E-state index is 0.213. The van der Waals surface area contributed by atoms with Gasteiger partial charge in [0.2, 0.25) is 0 Å². The van der Waals surface area contributed by atoms with Crippen LogP contribution in [-0.4, -0.2) is 23.1 Å². The van der Waals surface area contributed by atoms with Crippen LogP contribution in [0, 0.1) is 0 Å². The fraction of sp³-hybridized carbons (Fsp3) is 0.136. The predicted octanol–water partition coefficient (Wildman–Crippen LogP) is 3.98. The molecule has 1 N–H and O–H groups in total. The number of nitrogens with zero attached hydrogens (tertiary/aromatic N) is 1. The van der Waals surface area contributed by atoms with Crippen LogP contribution in [-0.2, 0) is 11.3 Å². The van der Waals surface area contributed by atoms with Gasteiger partial charge in [-0.15, -0.1) is 0 Å². The molecule has 0 atom stereocenters. The Bertz CT molecular complexity index is 1070. The van der Waals surface area contributed by atoms with E-state index in [0.29, 0.717) is 35.0 Å². The first-order valence-electron chi connectivity index (χ1n) is 8.99. The van der Waals surface area contributed by atoms with Crippen molar-refractivity contribution in [1.82, 2.24) is 4.57 Å². The first-order chi connectivity index (χ1) is 14.0. The predicted molar refractivity (Wildman–Crippen MR) is 112 cm³/mol. The molecule has 29 heavy (non-hydrogen) atoms. The number of hydrogen-bond acceptors (Lipinski definition) is 4. The minimum Gasteiger partial charge on any atom is -0.462 e. The Morgan fingerprint density at radius 2 is 1.62 bits per heavy atom. The molecular weight excluding hydrogens is 392 g/mol. The van der Waals surface area contributed by atoms with E-state index in [4.69, 9.17) is 16.3 Å². The Morgan fingerprint density at radius 3 is 2.28 bits per heavy atom. The van der Waals surface area contributed by atoms with Crippen LogP contribution < -0.4 is 10.9 Å². The standard InChI is InChI=1S/C22H19ClN2O4/c1-2-29-22(28)16-5-10-19(11-6-16)24-21(27)17-7-12-20(26)25(14-17)13-15-3-8-18(23)9-4-15/h3-12,14H,2,13H2,1H3,(H,24,27). The van der Waals surface area contributed by atoms with Crippen molar-refractivity contribution in [1.29, 1.82) is 0 Å². The van der Waals surface area contributed by atoms with Gasteiger partial charge >= 0.3 is 5.97 Å². The summed E-state index contributed by atoms with van der Waals surface area (Å²) in [6.45, 7) is 2.35. The number of anilines is 1. The number of amides is 1. The average molecular weight is 411 g/mol. The second-order valence-corrected chi connectivity index (χ2v) is 6.70. The molecule has 0 spiro atoms. The average Bonchev–Trinajstić information content (AvgIpc) is 2.72. The first-order valence-corrected chi connectivity index (χ1v) is 9.37. The zero-order chi connectivity index (χ0) is 20.8. The summed E-state index contributed by atoms with van der Waals surface area (Å²) in [7, 11) is 0. The number of pyridine rings is 1. The van der Waals surface area contributed by atoms with Gasteiger partial charge < -0.3 is 14.6 Å². The maximum absolute atomic E-state index is 12.6. The Labute approximate surface area is 172 Å². The van der Waals surface area contributed by atoms with Gasteiger partial charge in [-0.3, -0.25) is 9.59 Å². The number of carbonyl (C=O) groups is 2. The lowest BCUT2D eigenvalue weighted by atomic mass is 10.2. The molecule has 0 saturated carbocycles. The quantitative estimate of drug-likeness (QED) is 0.623. The summed E-state index contributed by atoms with van der Waals surface area (Å²) in [5, 5.41) is 3.36. The van der Waals surface area contributed by atoms with Crippen LogP contribution in [0.4, 0.5) is 5.69 Å². The fourth-order valence-electron chi connectivity index (χ4n) is 2.68. The van der Waals surface area contributed by atoms with Gasteiger partial charge in [0.25, 0.3) is 11.5 Å². The second kappa shape index (κ2) is 9.21. The molecule has 0 bridgehead atoms. The maximum atomic E-state index is 12.6. The molecule has 0 unspecified atom stereocenters. The number of aromatic nitrogens is 1. The molecule has 1 aromatic heterocycles. The zero-order valence-corrected chi connectivity index (χ0v) is 16.5. The van der Waals surface area contributed by atoms with Crippen molar-refractivity contribution in [3.63, 3.8) is 0 Å². The molecule has 0 fully saturated rings. The third kappa shape index (κ3) is 5.33. The van der Waals surface area contributed by atoms with Gasteiger partial charge in [0.15, 0.2) is 0 Å². The molecule has 0 saturated heterocycles. The van der Waals surface area contributed by atoms with Gasteiger partial charge in [0.05, 0.1) is 24.3 Å². The minimum atomic E-state index is -0.417. The number of carbonyl (C=O) groups excluding carboxylic acids is 2. The maximum Gasteiger partial charge on any atom is 0.338 e. The molecule has 1 heterocycles. The van der Waals surface area contributed by atoms with Crippen molar-refractivity contribution in [3.05, 3.63) is 98.9 Å². The number of benzene rings is 2.